The normalized spacial score (nSPS) is 10.4. The van der Waals surface area contributed by atoms with E-state index < -0.39 is 17.5 Å². The molecule has 2 amide bonds. The molecular formula is C18H14F2N4O2S. The summed E-state index contributed by atoms with van der Waals surface area (Å²) in [5.41, 5.74) is 1.07. The molecule has 0 aliphatic carbocycles. The van der Waals surface area contributed by atoms with Crippen molar-refractivity contribution in [1.29, 1.82) is 0 Å². The second kappa shape index (κ2) is 8.45. The fourth-order valence-corrected chi connectivity index (χ4v) is 2.92. The van der Waals surface area contributed by atoms with E-state index in [0.29, 0.717) is 22.6 Å². The molecule has 0 saturated carbocycles. The van der Waals surface area contributed by atoms with Crippen LogP contribution in [0.25, 0.3) is 11.4 Å². The molecule has 1 aromatic carbocycles. The molecule has 9 heteroatoms. The summed E-state index contributed by atoms with van der Waals surface area (Å²) in [4.78, 5) is 32.3. The molecule has 0 bridgehead atoms. The first-order valence-electron chi connectivity index (χ1n) is 7.93. The van der Waals surface area contributed by atoms with Crippen molar-refractivity contribution in [1.82, 2.24) is 15.3 Å². The van der Waals surface area contributed by atoms with E-state index in [2.05, 4.69) is 20.6 Å². The van der Waals surface area contributed by atoms with Gasteiger partial charge in [-0.15, -0.1) is 11.3 Å². The van der Waals surface area contributed by atoms with Crippen molar-refractivity contribution in [3.8, 4) is 11.4 Å². The van der Waals surface area contributed by atoms with Crippen LogP contribution in [0.5, 0.6) is 0 Å². The summed E-state index contributed by atoms with van der Waals surface area (Å²) in [6, 6.07) is 8.12. The predicted molar refractivity (Wildman–Crippen MR) is 97.3 cm³/mol. The number of carbonyl (C=O) groups is 2. The summed E-state index contributed by atoms with van der Waals surface area (Å²) in [5, 5.41) is 7.24. The number of benzene rings is 1. The van der Waals surface area contributed by atoms with Gasteiger partial charge in [0, 0.05) is 30.6 Å². The first-order valence-corrected chi connectivity index (χ1v) is 8.81. The molecule has 0 fully saturated rings. The minimum Gasteiger partial charge on any atom is -0.351 e. The SMILES string of the molecule is O=C(CCNC(=O)c1ccc(F)cc1F)Nc1nc(-c2ccccn2)cs1. The molecule has 27 heavy (non-hydrogen) atoms. The van der Waals surface area contributed by atoms with E-state index in [4.69, 9.17) is 0 Å². The Morgan fingerprint density at radius 3 is 2.70 bits per heavy atom. The van der Waals surface area contributed by atoms with Crippen LogP contribution in [0.15, 0.2) is 48.0 Å². The molecule has 3 rings (SSSR count). The van der Waals surface area contributed by atoms with E-state index >= 15 is 0 Å². The number of hydrogen-bond acceptors (Lipinski definition) is 5. The Balaban J connectivity index is 1.49. The van der Waals surface area contributed by atoms with Gasteiger partial charge in [0.1, 0.15) is 17.3 Å². The molecule has 3 aromatic rings. The lowest BCUT2D eigenvalue weighted by Crippen LogP contribution is -2.28. The van der Waals surface area contributed by atoms with Gasteiger partial charge >= 0.3 is 0 Å². The monoisotopic (exact) mass is 388 g/mol. The Kier molecular flexibility index (Phi) is 5.82. The summed E-state index contributed by atoms with van der Waals surface area (Å²) < 4.78 is 26.4. The molecule has 6 nitrogen and oxygen atoms in total. The van der Waals surface area contributed by atoms with E-state index in [1.807, 2.05) is 12.1 Å². The molecule has 138 valence electrons. The average Bonchev–Trinajstić information content (AvgIpc) is 3.10. The quantitative estimate of drug-likeness (QED) is 0.679. The second-order valence-corrected chi connectivity index (χ2v) is 6.29. The van der Waals surface area contributed by atoms with E-state index in [0.717, 1.165) is 12.1 Å². The van der Waals surface area contributed by atoms with Crippen molar-refractivity contribution < 1.29 is 18.4 Å². The smallest absolute Gasteiger partial charge is 0.254 e. The van der Waals surface area contributed by atoms with E-state index in [1.165, 1.54) is 11.3 Å². The Hall–Kier alpha value is -3.20. The molecule has 2 N–H and O–H groups in total. The van der Waals surface area contributed by atoms with Gasteiger partial charge in [-0.1, -0.05) is 6.07 Å². The maximum Gasteiger partial charge on any atom is 0.254 e. The standard InChI is InChI=1S/C18H14F2N4O2S/c19-11-4-5-12(13(20)9-11)17(26)22-8-6-16(25)24-18-23-15(10-27-18)14-3-1-2-7-21-14/h1-5,7,9-10H,6,8H2,(H,22,26)(H,23,24,25). The molecule has 0 aliphatic heterocycles. The van der Waals surface area contributed by atoms with Crippen molar-refractivity contribution >= 4 is 28.3 Å². The third-order valence-corrected chi connectivity index (χ3v) is 4.25. The molecule has 0 unspecified atom stereocenters. The fourth-order valence-electron chi connectivity index (χ4n) is 2.20. The number of halogens is 2. The van der Waals surface area contributed by atoms with Crippen LogP contribution < -0.4 is 10.6 Å². The van der Waals surface area contributed by atoms with Crippen molar-refractivity contribution in [3.05, 3.63) is 65.2 Å². The van der Waals surface area contributed by atoms with Gasteiger partial charge in [-0.3, -0.25) is 14.6 Å². The molecule has 2 aromatic heterocycles. The Morgan fingerprint density at radius 1 is 1.11 bits per heavy atom. The van der Waals surface area contributed by atoms with E-state index in [-0.39, 0.29) is 24.4 Å². The predicted octanol–water partition coefficient (Wildman–Crippen LogP) is 3.24. The molecule has 0 saturated heterocycles. The summed E-state index contributed by atoms with van der Waals surface area (Å²) in [7, 11) is 0. The molecule has 2 heterocycles. The third kappa shape index (κ3) is 4.91. The highest BCUT2D eigenvalue weighted by Gasteiger charge is 2.13. The number of thiazole rings is 1. The van der Waals surface area contributed by atoms with Crippen LogP contribution in [0.3, 0.4) is 0 Å². The average molecular weight is 388 g/mol. The highest BCUT2D eigenvalue weighted by Crippen LogP contribution is 2.23. The largest absolute Gasteiger partial charge is 0.351 e. The maximum absolute atomic E-state index is 13.5. The highest BCUT2D eigenvalue weighted by molar-refractivity contribution is 7.14. The minimum absolute atomic E-state index is 0.0000434. The zero-order chi connectivity index (χ0) is 19.2. The van der Waals surface area contributed by atoms with Crippen molar-refractivity contribution in [2.24, 2.45) is 0 Å². The number of carbonyl (C=O) groups excluding carboxylic acids is 2. The van der Waals surface area contributed by atoms with Crippen LogP contribution in [0.2, 0.25) is 0 Å². The van der Waals surface area contributed by atoms with Gasteiger partial charge in [0.25, 0.3) is 5.91 Å². The number of rotatable bonds is 6. The zero-order valence-corrected chi connectivity index (χ0v) is 14.7. The van der Waals surface area contributed by atoms with Gasteiger partial charge in [0.2, 0.25) is 5.91 Å². The van der Waals surface area contributed by atoms with Crippen LogP contribution in [-0.4, -0.2) is 28.3 Å². The number of hydrogen-bond donors (Lipinski definition) is 2. The third-order valence-electron chi connectivity index (χ3n) is 3.49. The Morgan fingerprint density at radius 2 is 1.96 bits per heavy atom. The van der Waals surface area contributed by atoms with Crippen LogP contribution in [0, 0.1) is 11.6 Å². The van der Waals surface area contributed by atoms with Gasteiger partial charge in [-0.25, -0.2) is 13.8 Å². The van der Waals surface area contributed by atoms with E-state index in [9.17, 15) is 18.4 Å². The first kappa shape index (κ1) is 18.6. The summed E-state index contributed by atoms with van der Waals surface area (Å²) in [5.74, 6) is -2.79. The van der Waals surface area contributed by atoms with Gasteiger partial charge in [0.15, 0.2) is 5.13 Å². The lowest BCUT2D eigenvalue weighted by atomic mass is 10.2. The van der Waals surface area contributed by atoms with Gasteiger partial charge in [0.05, 0.1) is 11.3 Å². The minimum atomic E-state index is -0.957. The first-order chi connectivity index (χ1) is 13.0. The lowest BCUT2D eigenvalue weighted by Gasteiger charge is -2.06. The number of anilines is 1. The van der Waals surface area contributed by atoms with Gasteiger partial charge in [-0.05, 0) is 24.3 Å². The van der Waals surface area contributed by atoms with Gasteiger partial charge < -0.3 is 10.6 Å². The highest BCUT2D eigenvalue weighted by atomic mass is 32.1. The summed E-state index contributed by atoms with van der Waals surface area (Å²) >= 11 is 1.26. The molecule has 0 aliphatic rings. The number of aromatic nitrogens is 2. The summed E-state index contributed by atoms with van der Waals surface area (Å²) in [6.45, 7) is -0.0000434. The second-order valence-electron chi connectivity index (χ2n) is 5.43. The number of pyridine rings is 1. The fraction of sp³-hybridized carbons (Fsp3) is 0.111. The van der Waals surface area contributed by atoms with Crippen molar-refractivity contribution in [2.45, 2.75) is 6.42 Å². The van der Waals surface area contributed by atoms with Crippen LogP contribution in [-0.2, 0) is 4.79 Å². The summed E-state index contributed by atoms with van der Waals surface area (Å²) in [6.07, 6.45) is 1.63. The van der Waals surface area contributed by atoms with Crippen molar-refractivity contribution in [2.75, 3.05) is 11.9 Å². The maximum atomic E-state index is 13.5. The van der Waals surface area contributed by atoms with Crippen molar-refractivity contribution in [3.63, 3.8) is 0 Å². The van der Waals surface area contributed by atoms with Gasteiger partial charge in [-0.2, -0.15) is 0 Å². The molecule has 0 atom stereocenters. The van der Waals surface area contributed by atoms with Crippen LogP contribution >= 0.6 is 11.3 Å². The Labute approximate surface area is 157 Å². The zero-order valence-electron chi connectivity index (χ0n) is 13.9. The number of amides is 2. The van der Waals surface area contributed by atoms with E-state index in [1.54, 1.807) is 17.6 Å². The molecule has 0 spiro atoms. The van der Waals surface area contributed by atoms with Crippen LogP contribution in [0.1, 0.15) is 16.8 Å². The molecule has 0 radical (unpaired) electrons. The lowest BCUT2D eigenvalue weighted by molar-refractivity contribution is -0.116. The molecular weight excluding hydrogens is 374 g/mol. The Bertz CT molecular complexity index is 963. The number of nitrogens with zero attached hydrogens (tertiary/aromatic N) is 2. The topological polar surface area (TPSA) is 84.0 Å². The van der Waals surface area contributed by atoms with Crippen LogP contribution in [0.4, 0.5) is 13.9 Å². The number of nitrogens with one attached hydrogen (secondary N) is 2.